The first-order valence-corrected chi connectivity index (χ1v) is 5.38. The summed E-state index contributed by atoms with van der Waals surface area (Å²) >= 11 is 5.66. The van der Waals surface area contributed by atoms with Crippen molar-refractivity contribution in [3.8, 4) is 11.1 Å². The van der Waals surface area contributed by atoms with Gasteiger partial charge in [0.05, 0.1) is 5.56 Å². The Morgan fingerprint density at radius 2 is 1.44 bits per heavy atom. The van der Waals surface area contributed by atoms with E-state index < -0.39 is 17.6 Å². The number of benzene rings is 2. The second-order valence-corrected chi connectivity index (χ2v) is 4.17. The molecule has 5 heteroatoms. The molecule has 0 saturated heterocycles. The van der Waals surface area contributed by atoms with E-state index in [1.807, 2.05) is 0 Å². The van der Waals surface area contributed by atoms with Crippen molar-refractivity contribution in [3.05, 3.63) is 58.9 Å². The minimum Gasteiger partial charge on any atom is -0.207 e. The third-order valence-corrected chi connectivity index (χ3v) is 2.62. The summed E-state index contributed by atoms with van der Waals surface area (Å²) in [4.78, 5) is 0. The van der Waals surface area contributed by atoms with Gasteiger partial charge in [-0.1, -0.05) is 23.7 Å². The van der Waals surface area contributed by atoms with Gasteiger partial charge in [0.25, 0.3) is 0 Å². The molecule has 0 nitrogen and oxygen atoms in total. The number of alkyl halides is 3. The van der Waals surface area contributed by atoms with E-state index in [0.717, 1.165) is 12.1 Å². The largest absolute Gasteiger partial charge is 0.416 e. The Balaban J connectivity index is 2.52. The van der Waals surface area contributed by atoms with E-state index in [1.165, 1.54) is 30.3 Å². The lowest BCUT2D eigenvalue weighted by atomic mass is 10.0. The smallest absolute Gasteiger partial charge is 0.207 e. The summed E-state index contributed by atoms with van der Waals surface area (Å²) in [6, 6.07) is 8.42. The van der Waals surface area contributed by atoms with Gasteiger partial charge in [-0.2, -0.15) is 13.2 Å². The van der Waals surface area contributed by atoms with Gasteiger partial charge in [0.1, 0.15) is 5.82 Å². The summed E-state index contributed by atoms with van der Waals surface area (Å²) in [7, 11) is 0. The Bertz CT molecular complexity index is 558. The predicted octanol–water partition coefficient (Wildman–Crippen LogP) is 5.16. The van der Waals surface area contributed by atoms with E-state index >= 15 is 0 Å². The van der Waals surface area contributed by atoms with Crippen LogP contribution >= 0.6 is 11.6 Å². The van der Waals surface area contributed by atoms with Gasteiger partial charge in [-0.25, -0.2) is 4.39 Å². The average molecular weight is 275 g/mol. The normalized spacial score (nSPS) is 11.6. The molecule has 0 aliphatic carbocycles. The average Bonchev–Trinajstić information content (AvgIpc) is 2.28. The molecule has 18 heavy (non-hydrogen) atoms. The van der Waals surface area contributed by atoms with Crippen LogP contribution in [0.1, 0.15) is 5.56 Å². The van der Waals surface area contributed by atoms with Crippen molar-refractivity contribution >= 4 is 11.6 Å². The molecule has 0 fully saturated rings. The van der Waals surface area contributed by atoms with E-state index in [1.54, 1.807) is 0 Å². The number of hydrogen-bond donors (Lipinski definition) is 0. The van der Waals surface area contributed by atoms with Gasteiger partial charge >= 0.3 is 6.18 Å². The molecule has 94 valence electrons. The maximum atomic E-state index is 12.7. The van der Waals surface area contributed by atoms with Crippen molar-refractivity contribution in [2.75, 3.05) is 0 Å². The van der Waals surface area contributed by atoms with Crippen molar-refractivity contribution in [2.45, 2.75) is 6.18 Å². The van der Waals surface area contributed by atoms with Crippen LogP contribution < -0.4 is 0 Å². The predicted molar refractivity (Wildman–Crippen MR) is 61.8 cm³/mol. The molecule has 0 radical (unpaired) electrons. The highest BCUT2D eigenvalue weighted by atomic mass is 35.5. The van der Waals surface area contributed by atoms with E-state index in [-0.39, 0.29) is 5.02 Å². The third kappa shape index (κ3) is 2.82. The third-order valence-electron chi connectivity index (χ3n) is 2.40. The Morgan fingerprint density at radius 3 is 2.00 bits per heavy atom. The SMILES string of the molecule is Fc1ccc(-c2cc(Cl)cc(C(F)(F)F)c2)cc1. The van der Waals surface area contributed by atoms with Crippen LogP contribution in [0.3, 0.4) is 0 Å². The van der Waals surface area contributed by atoms with Gasteiger partial charge in [0.2, 0.25) is 0 Å². The lowest BCUT2D eigenvalue weighted by Gasteiger charge is -2.10. The van der Waals surface area contributed by atoms with Gasteiger partial charge in [0.15, 0.2) is 0 Å². The Hall–Kier alpha value is -1.55. The Labute approximate surface area is 106 Å². The summed E-state index contributed by atoms with van der Waals surface area (Å²) in [6.07, 6.45) is -4.46. The van der Waals surface area contributed by atoms with Gasteiger partial charge in [-0.3, -0.25) is 0 Å². The minimum atomic E-state index is -4.46. The fourth-order valence-electron chi connectivity index (χ4n) is 1.56. The molecule has 0 N–H and O–H groups in total. The van der Waals surface area contributed by atoms with Crippen LogP contribution in [0, 0.1) is 5.82 Å². The minimum absolute atomic E-state index is 0.0100. The van der Waals surface area contributed by atoms with Gasteiger partial charge < -0.3 is 0 Å². The molecular weight excluding hydrogens is 268 g/mol. The Morgan fingerprint density at radius 1 is 0.833 bits per heavy atom. The standard InChI is InChI=1S/C13H7ClF4/c14-11-6-9(5-10(7-11)13(16,17)18)8-1-3-12(15)4-2-8/h1-7H. The highest BCUT2D eigenvalue weighted by Crippen LogP contribution is 2.34. The highest BCUT2D eigenvalue weighted by Gasteiger charge is 2.31. The second-order valence-electron chi connectivity index (χ2n) is 3.73. The number of halogens is 5. The van der Waals surface area contributed by atoms with Crippen molar-refractivity contribution in [1.29, 1.82) is 0 Å². The van der Waals surface area contributed by atoms with Crippen LogP contribution in [0.25, 0.3) is 11.1 Å². The molecular formula is C13H7ClF4. The first-order valence-electron chi connectivity index (χ1n) is 5.00. The van der Waals surface area contributed by atoms with Crippen LogP contribution in [0.15, 0.2) is 42.5 Å². The van der Waals surface area contributed by atoms with Crippen molar-refractivity contribution in [2.24, 2.45) is 0 Å². The second kappa shape index (κ2) is 4.61. The summed E-state index contributed by atoms with van der Waals surface area (Å²) in [5.41, 5.74) is -0.0476. The molecule has 0 aliphatic heterocycles. The zero-order valence-corrected chi connectivity index (χ0v) is 9.69. The number of rotatable bonds is 1. The van der Waals surface area contributed by atoms with E-state index in [4.69, 9.17) is 11.6 Å². The van der Waals surface area contributed by atoms with Gasteiger partial charge in [-0.05, 0) is 41.5 Å². The highest BCUT2D eigenvalue weighted by molar-refractivity contribution is 6.31. The van der Waals surface area contributed by atoms with E-state index in [2.05, 4.69) is 0 Å². The molecule has 0 heterocycles. The van der Waals surface area contributed by atoms with Crippen LogP contribution in [0.2, 0.25) is 5.02 Å². The molecule has 0 amide bonds. The van der Waals surface area contributed by atoms with Crippen LogP contribution in [-0.2, 0) is 6.18 Å². The zero-order valence-electron chi connectivity index (χ0n) is 8.93. The molecule has 2 rings (SSSR count). The lowest BCUT2D eigenvalue weighted by molar-refractivity contribution is -0.137. The molecule has 0 atom stereocenters. The fraction of sp³-hybridized carbons (Fsp3) is 0.0769. The monoisotopic (exact) mass is 274 g/mol. The van der Waals surface area contributed by atoms with Crippen LogP contribution in [0.4, 0.5) is 17.6 Å². The topological polar surface area (TPSA) is 0 Å². The zero-order chi connectivity index (χ0) is 13.3. The quantitative estimate of drug-likeness (QED) is 0.630. The summed E-state index contributed by atoms with van der Waals surface area (Å²) in [6.45, 7) is 0. The molecule has 2 aromatic rings. The summed E-state index contributed by atoms with van der Waals surface area (Å²) in [5.74, 6) is -0.447. The number of hydrogen-bond acceptors (Lipinski definition) is 0. The van der Waals surface area contributed by atoms with Gasteiger partial charge in [0, 0.05) is 5.02 Å². The summed E-state index contributed by atoms with van der Waals surface area (Å²) < 4.78 is 50.6. The first-order chi connectivity index (χ1) is 8.36. The molecule has 0 spiro atoms. The van der Waals surface area contributed by atoms with Gasteiger partial charge in [-0.15, -0.1) is 0 Å². The molecule has 0 bridgehead atoms. The molecule has 0 unspecified atom stereocenters. The maximum absolute atomic E-state index is 12.7. The lowest BCUT2D eigenvalue weighted by Crippen LogP contribution is -2.04. The molecule has 2 aromatic carbocycles. The summed E-state index contributed by atoms with van der Waals surface area (Å²) in [5, 5.41) is -0.0100. The van der Waals surface area contributed by atoms with Crippen molar-refractivity contribution in [3.63, 3.8) is 0 Å². The molecule has 0 aliphatic rings. The fourth-order valence-corrected chi connectivity index (χ4v) is 1.80. The Kier molecular flexibility index (Phi) is 3.30. The molecule has 0 saturated carbocycles. The van der Waals surface area contributed by atoms with Crippen LogP contribution in [-0.4, -0.2) is 0 Å². The van der Waals surface area contributed by atoms with Crippen LogP contribution in [0.5, 0.6) is 0 Å². The van der Waals surface area contributed by atoms with E-state index in [0.29, 0.717) is 11.1 Å². The van der Waals surface area contributed by atoms with Crippen molar-refractivity contribution < 1.29 is 17.6 Å². The van der Waals surface area contributed by atoms with E-state index in [9.17, 15) is 17.6 Å². The maximum Gasteiger partial charge on any atom is 0.416 e. The van der Waals surface area contributed by atoms with Crippen molar-refractivity contribution in [1.82, 2.24) is 0 Å². The molecule has 0 aromatic heterocycles. The first kappa shape index (κ1) is 12.9.